The fourth-order valence-corrected chi connectivity index (χ4v) is 3.43. The molecule has 1 aromatic carbocycles. The van der Waals surface area contributed by atoms with Crippen LogP contribution in [0.5, 0.6) is 5.75 Å². The number of carbonyl (C=O) groups is 2. The highest BCUT2D eigenvalue weighted by Crippen LogP contribution is 2.24. The topological polar surface area (TPSA) is 77.8 Å². The van der Waals surface area contributed by atoms with Crippen LogP contribution in [0.4, 0.5) is 0 Å². The van der Waals surface area contributed by atoms with Crippen molar-refractivity contribution in [2.24, 2.45) is 5.92 Å². The zero-order valence-corrected chi connectivity index (χ0v) is 13.2. The van der Waals surface area contributed by atoms with E-state index >= 15 is 0 Å². The average molecular weight is 323 g/mol. The van der Waals surface area contributed by atoms with Crippen LogP contribution in [0.2, 0.25) is 0 Å². The van der Waals surface area contributed by atoms with Gasteiger partial charge in [-0.15, -0.1) is 11.8 Å². The van der Waals surface area contributed by atoms with Crippen molar-refractivity contribution < 1.29 is 19.8 Å². The number of carboxylic acid groups (broad SMARTS) is 1. The summed E-state index contributed by atoms with van der Waals surface area (Å²) < 4.78 is 0. The van der Waals surface area contributed by atoms with Crippen molar-refractivity contribution in [3.8, 4) is 5.75 Å². The molecule has 2 N–H and O–H groups in total. The molecule has 1 saturated heterocycles. The predicted molar refractivity (Wildman–Crippen MR) is 85.0 cm³/mol. The molecular weight excluding hydrogens is 302 g/mol. The molecule has 1 aromatic rings. The quantitative estimate of drug-likeness (QED) is 0.787. The number of nitrogens with zero attached hydrogens (tertiary/aromatic N) is 1. The number of carboxylic acids is 1. The van der Waals surface area contributed by atoms with E-state index in [0.717, 1.165) is 24.3 Å². The molecule has 0 radical (unpaired) electrons. The Morgan fingerprint density at radius 2 is 2.00 bits per heavy atom. The molecule has 1 aliphatic heterocycles. The van der Waals surface area contributed by atoms with Crippen molar-refractivity contribution in [3.05, 3.63) is 24.3 Å². The Bertz CT molecular complexity index is 517. The molecule has 1 fully saturated rings. The zero-order valence-electron chi connectivity index (χ0n) is 12.4. The SMILES string of the molecule is O=C(O)CCC1CCCN(C(=O)CSc2ccc(O)cc2)C1. The van der Waals surface area contributed by atoms with Crippen LogP contribution >= 0.6 is 11.8 Å². The van der Waals surface area contributed by atoms with Gasteiger partial charge in [0.15, 0.2) is 0 Å². The number of hydrogen-bond acceptors (Lipinski definition) is 4. The first-order chi connectivity index (χ1) is 10.5. The molecule has 120 valence electrons. The van der Waals surface area contributed by atoms with Gasteiger partial charge in [-0.3, -0.25) is 9.59 Å². The van der Waals surface area contributed by atoms with E-state index in [0.29, 0.717) is 24.6 Å². The van der Waals surface area contributed by atoms with Crippen molar-refractivity contribution in [3.63, 3.8) is 0 Å². The highest BCUT2D eigenvalue weighted by Gasteiger charge is 2.23. The van der Waals surface area contributed by atoms with Crippen molar-refractivity contribution in [1.29, 1.82) is 0 Å². The van der Waals surface area contributed by atoms with Crippen molar-refractivity contribution >= 4 is 23.6 Å². The molecule has 2 rings (SSSR count). The van der Waals surface area contributed by atoms with E-state index in [2.05, 4.69) is 0 Å². The first kappa shape index (κ1) is 16.7. The molecule has 0 spiro atoms. The second-order valence-electron chi connectivity index (χ2n) is 5.56. The zero-order chi connectivity index (χ0) is 15.9. The summed E-state index contributed by atoms with van der Waals surface area (Å²) in [5.74, 6) is 0.209. The Morgan fingerprint density at radius 3 is 2.68 bits per heavy atom. The summed E-state index contributed by atoms with van der Waals surface area (Å²) in [6.45, 7) is 1.43. The fraction of sp³-hybridized carbons (Fsp3) is 0.500. The van der Waals surface area contributed by atoms with Crippen molar-refractivity contribution in [1.82, 2.24) is 4.90 Å². The lowest BCUT2D eigenvalue weighted by molar-refractivity contribution is -0.137. The maximum absolute atomic E-state index is 12.3. The van der Waals surface area contributed by atoms with Crippen LogP contribution in [0.3, 0.4) is 0 Å². The number of aromatic hydroxyl groups is 1. The number of benzene rings is 1. The molecule has 5 nitrogen and oxygen atoms in total. The number of aliphatic carboxylic acids is 1. The predicted octanol–water partition coefficient (Wildman–Crippen LogP) is 2.59. The van der Waals surface area contributed by atoms with Crippen molar-refractivity contribution in [2.75, 3.05) is 18.8 Å². The van der Waals surface area contributed by atoms with Crippen LogP contribution < -0.4 is 0 Å². The number of piperidine rings is 1. The molecule has 0 aliphatic carbocycles. The molecule has 22 heavy (non-hydrogen) atoms. The number of thioether (sulfide) groups is 1. The molecule has 0 bridgehead atoms. The van der Waals surface area contributed by atoms with Crippen molar-refractivity contribution in [2.45, 2.75) is 30.6 Å². The lowest BCUT2D eigenvalue weighted by Crippen LogP contribution is -2.41. The van der Waals surface area contributed by atoms with E-state index in [-0.39, 0.29) is 18.1 Å². The van der Waals surface area contributed by atoms with Gasteiger partial charge in [0.1, 0.15) is 5.75 Å². The Morgan fingerprint density at radius 1 is 1.27 bits per heavy atom. The minimum absolute atomic E-state index is 0.0955. The standard InChI is InChI=1S/C16H21NO4S/c18-13-4-6-14(7-5-13)22-11-15(19)17-9-1-2-12(10-17)3-8-16(20)21/h4-7,12,18H,1-3,8-11H2,(H,20,21). The van der Waals surface area contributed by atoms with Crippen LogP contribution in [-0.4, -0.2) is 45.8 Å². The summed E-state index contributed by atoms with van der Waals surface area (Å²) >= 11 is 1.45. The van der Waals surface area contributed by atoms with E-state index in [1.807, 2.05) is 4.90 Å². The number of amides is 1. The van der Waals surface area contributed by atoms with Gasteiger partial charge in [-0.1, -0.05) is 0 Å². The lowest BCUT2D eigenvalue weighted by Gasteiger charge is -2.32. The van der Waals surface area contributed by atoms with Gasteiger partial charge < -0.3 is 15.1 Å². The van der Waals surface area contributed by atoms with E-state index in [1.54, 1.807) is 24.3 Å². The third-order valence-electron chi connectivity index (χ3n) is 3.84. The molecule has 1 unspecified atom stereocenters. The number of rotatable bonds is 6. The Balaban J connectivity index is 1.78. The third kappa shape index (κ3) is 5.26. The summed E-state index contributed by atoms with van der Waals surface area (Å²) in [4.78, 5) is 25.7. The molecule has 1 atom stereocenters. The smallest absolute Gasteiger partial charge is 0.303 e. The van der Waals surface area contributed by atoms with Crippen LogP contribution in [0.25, 0.3) is 0 Å². The van der Waals surface area contributed by atoms with Crippen LogP contribution in [-0.2, 0) is 9.59 Å². The molecule has 6 heteroatoms. The second-order valence-corrected chi connectivity index (χ2v) is 6.61. The average Bonchev–Trinajstić information content (AvgIpc) is 2.52. The van der Waals surface area contributed by atoms with Gasteiger partial charge in [0.25, 0.3) is 0 Å². The van der Waals surface area contributed by atoms with E-state index in [9.17, 15) is 14.7 Å². The van der Waals surface area contributed by atoms with Gasteiger partial charge in [0.2, 0.25) is 5.91 Å². The minimum Gasteiger partial charge on any atom is -0.508 e. The first-order valence-corrected chi connectivity index (χ1v) is 8.44. The maximum Gasteiger partial charge on any atom is 0.303 e. The summed E-state index contributed by atoms with van der Waals surface area (Å²) in [6, 6.07) is 6.80. The Hall–Kier alpha value is -1.69. The Labute approximate surface area is 134 Å². The normalized spacial score (nSPS) is 18.2. The third-order valence-corrected chi connectivity index (χ3v) is 4.83. The van der Waals surface area contributed by atoms with Gasteiger partial charge in [-0.2, -0.15) is 0 Å². The highest BCUT2D eigenvalue weighted by molar-refractivity contribution is 8.00. The molecule has 0 saturated carbocycles. The first-order valence-electron chi connectivity index (χ1n) is 7.46. The summed E-state index contributed by atoms with van der Waals surface area (Å²) in [7, 11) is 0. The second kappa shape index (κ2) is 8.08. The highest BCUT2D eigenvalue weighted by atomic mass is 32.2. The molecule has 1 amide bonds. The van der Waals surface area contributed by atoms with Gasteiger partial charge in [-0.25, -0.2) is 0 Å². The van der Waals surface area contributed by atoms with E-state index < -0.39 is 5.97 Å². The van der Waals surface area contributed by atoms with Gasteiger partial charge in [0, 0.05) is 24.4 Å². The van der Waals surface area contributed by atoms with Gasteiger partial charge >= 0.3 is 5.97 Å². The summed E-state index contributed by atoms with van der Waals surface area (Å²) in [5, 5.41) is 18.0. The lowest BCUT2D eigenvalue weighted by atomic mass is 9.93. The van der Waals surface area contributed by atoms with Crippen LogP contribution in [0.1, 0.15) is 25.7 Å². The maximum atomic E-state index is 12.3. The largest absolute Gasteiger partial charge is 0.508 e. The van der Waals surface area contributed by atoms with Gasteiger partial charge in [-0.05, 0) is 49.4 Å². The minimum atomic E-state index is -0.772. The number of carbonyl (C=O) groups excluding carboxylic acids is 1. The molecule has 1 aliphatic rings. The van der Waals surface area contributed by atoms with Crippen LogP contribution in [0, 0.1) is 5.92 Å². The fourth-order valence-electron chi connectivity index (χ4n) is 2.63. The van der Waals surface area contributed by atoms with E-state index in [4.69, 9.17) is 5.11 Å². The summed E-state index contributed by atoms with van der Waals surface area (Å²) in [6.07, 6.45) is 2.77. The summed E-state index contributed by atoms with van der Waals surface area (Å²) in [5.41, 5.74) is 0. The van der Waals surface area contributed by atoms with E-state index in [1.165, 1.54) is 11.8 Å². The Kier molecular flexibility index (Phi) is 6.12. The number of hydrogen-bond donors (Lipinski definition) is 2. The van der Waals surface area contributed by atoms with Crippen LogP contribution in [0.15, 0.2) is 29.2 Å². The number of likely N-dealkylation sites (tertiary alicyclic amines) is 1. The molecular formula is C16H21NO4S. The van der Waals surface area contributed by atoms with Gasteiger partial charge in [0.05, 0.1) is 5.75 Å². The molecule has 0 aromatic heterocycles. The number of phenolic OH excluding ortho intramolecular Hbond substituents is 1. The monoisotopic (exact) mass is 323 g/mol. The number of phenols is 1. The molecule has 1 heterocycles.